The molecule has 0 fully saturated rings. The lowest BCUT2D eigenvalue weighted by Crippen LogP contribution is -2.19. The van der Waals surface area contributed by atoms with E-state index in [0.29, 0.717) is 6.42 Å². The predicted molar refractivity (Wildman–Crippen MR) is 92.7 cm³/mol. The molecule has 5 heteroatoms. The maximum absolute atomic E-state index is 10.6. The fraction of sp³-hybridized carbons (Fsp3) is 1.00. The Morgan fingerprint density at radius 1 is 0.727 bits per heavy atom. The van der Waals surface area contributed by atoms with Crippen LogP contribution in [0.4, 0.5) is 0 Å². The van der Waals surface area contributed by atoms with E-state index in [4.69, 9.17) is 4.55 Å². The minimum atomic E-state index is -4.04. The first kappa shape index (κ1) is 21.9. The Bertz CT molecular complexity index is 328. The fourth-order valence-electron chi connectivity index (χ4n) is 2.72. The zero-order valence-electron chi connectivity index (χ0n) is 14.3. The molecule has 0 aromatic rings. The van der Waals surface area contributed by atoms with E-state index in [1.807, 2.05) is 0 Å². The highest BCUT2D eigenvalue weighted by atomic mass is 32.2. The SMILES string of the molecule is CCCCCCCCCCCCCCCC(O)CS(=O)(=O)O. The quantitative estimate of drug-likeness (QED) is 0.316. The highest BCUT2D eigenvalue weighted by Crippen LogP contribution is 2.13. The number of hydrogen-bond acceptors (Lipinski definition) is 3. The average Bonchev–Trinajstić information content (AvgIpc) is 2.42. The van der Waals surface area contributed by atoms with Crippen molar-refractivity contribution in [2.75, 3.05) is 5.75 Å². The molecule has 0 aliphatic heterocycles. The van der Waals surface area contributed by atoms with E-state index in [1.54, 1.807) is 0 Å². The monoisotopic (exact) mass is 336 g/mol. The molecule has 1 unspecified atom stereocenters. The number of rotatable bonds is 16. The molecule has 0 radical (unpaired) electrons. The molecule has 0 aromatic heterocycles. The summed E-state index contributed by atoms with van der Waals surface area (Å²) in [6.07, 6.45) is 15.9. The molecule has 0 rings (SSSR count). The van der Waals surface area contributed by atoms with E-state index < -0.39 is 22.0 Å². The van der Waals surface area contributed by atoms with Crippen LogP contribution < -0.4 is 0 Å². The average molecular weight is 337 g/mol. The molecule has 0 amide bonds. The van der Waals surface area contributed by atoms with Crippen molar-refractivity contribution in [3.05, 3.63) is 0 Å². The van der Waals surface area contributed by atoms with Crippen LogP contribution in [0, 0.1) is 0 Å². The summed E-state index contributed by atoms with van der Waals surface area (Å²) in [4.78, 5) is 0. The van der Waals surface area contributed by atoms with Crippen LogP contribution in [-0.4, -0.2) is 29.9 Å². The number of aliphatic hydroxyl groups is 1. The second-order valence-electron chi connectivity index (χ2n) is 6.43. The van der Waals surface area contributed by atoms with Crippen LogP contribution in [0.2, 0.25) is 0 Å². The molecule has 0 bridgehead atoms. The van der Waals surface area contributed by atoms with Gasteiger partial charge in [-0.1, -0.05) is 90.4 Å². The Labute approximate surface area is 137 Å². The number of unbranched alkanes of at least 4 members (excludes halogenated alkanes) is 12. The molecule has 2 N–H and O–H groups in total. The van der Waals surface area contributed by atoms with E-state index in [-0.39, 0.29) is 0 Å². The minimum Gasteiger partial charge on any atom is -0.392 e. The van der Waals surface area contributed by atoms with Crippen molar-refractivity contribution in [1.29, 1.82) is 0 Å². The van der Waals surface area contributed by atoms with Crippen LogP contribution in [-0.2, 0) is 10.1 Å². The maximum Gasteiger partial charge on any atom is 0.267 e. The number of hydrogen-bond donors (Lipinski definition) is 2. The van der Waals surface area contributed by atoms with E-state index in [0.717, 1.165) is 19.3 Å². The van der Waals surface area contributed by atoms with Crippen LogP contribution in [0.15, 0.2) is 0 Å². The zero-order chi connectivity index (χ0) is 16.7. The van der Waals surface area contributed by atoms with E-state index >= 15 is 0 Å². The summed E-state index contributed by atoms with van der Waals surface area (Å²) in [6.45, 7) is 2.25. The Balaban J connectivity index is 3.17. The van der Waals surface area contributed by atoms with Crippen molar-refractivity contribution < 1.29 is 18.1 Å². The fourth-order valence-corrected chi connectivity index (χ4v) is 3.38. The van der Waals surface area contributed by atoms with Gasteiger partial charge in [-0.25, -0.2) is 0 Å². The summed E-state index contributed by atoms with van der Waals surface area (Å²) in [5.41, 5.74) is 0. The van der Waals surface area contributed by atoms with Crippen LogP contribution in [0.1, 0.15) is 96.8 Å². The van der Waals surface area contributed by atoms with Crippen molar-refractivity contribution in [1.82, 2.24) is 0 Å². The normalized spacial score (nSPS) is 13.4. The smallest absolute Gasteiger partial charge is 0.267 e. The van der Waals surface area contributed by atoms with Gasteiger partial charge < -0.3 is 5.11 Å². The minimum absolute atomic E-state index is 0.456. The third-order valence-corrected chi connectivity index (χ3v) is 4.85. The second-order valence-corrected chi connectivity index (χ2v) is 7.93. The van der Waals surface area contributed by atoms with E-state index in [2.05, 4.69) is 6.92 Å². The summed E-state index contributed by atoms with van der Waals surface area (Å²) < 4.78 is 29.7. The first-order valence-electron chi connectivity index (χ1n) is 9.09. The van der Waals surface area contributed by atoms with Gasteiger partial charge in [0.2, 0.25) is 0 Å². The molecule has 0 saturated heterocycles. The van der Waals surface area contributed by atoms with Crippen molar-refractivity contribution in [2.45, 2.75) is 103 Å². The zero-order valence-corrected chi connectivity index (χ0v) is 15.1. The first-order valence-corrected chi connectivity index (χ1v) is 10.7. The molecule has 0 spiro atoms. The van der Waals surface area contributed by atoms with E-state index in [1.165, 1.54) is 64.2 Å². The van der Waals surface area contributed by atoms with Gasteiger partial charge in [-0.3, -0.25) is 4.55 Å². The number of aliphatic hydroxyl groups excluding tert-OH is 1. The third-order valence-electron chi connectivity index (χ3n) is 4.04. The summed E-state index contributed by atoms with van der Waals surface area (Å²) >= 11 is 0. The summed E-state index contributed by atoms with van der Waals surface area (Å²) in [5.74, 6) is -0.536. The highest BCUT2D eigenvalue weighted by Gasteiger charge is 2.13. The maximum atomic E-state index is 10.6. The van der Waals surface area contributed by atoms with Crippen molar-refractivity contribution >= 4 is 10.1 Å². The Hall–Kier alpha value is -0.130. The molecular formula is C17H36O4S. The van der Waals surface area contributed by atoms with Gasteiger partial charge in [0.25, 0.3) is 10.1 Å². The molecule has 1 atom stereocenters. The molecule has 0 saturated carbocycles. The second kappa shape index (κ2) is 14.5. The third kappa shape index (κ3) is 17.9. The Morgan fingerprint density at radius 3 is 1.45 bits per heavy atom. The van der Waals surface area contributed by atoms with Crippen molar-refractivity contribution in [3.63, 3.8) is 0 Å². The van der Waals surface area contributed by atoms with Gasteiger partial charge in [0.1, 0.15) is 5.75 Å². The van der Waals surface area contributed by atoms with Crippen molar-refractivity contribution in [3.8, 4) is 0 Å². The van der Waals surface area contributed by atoms with Gasteiger partial charge in [0.15, 0.2) is 0 Å². The summed E-state index contributed by atoms with van der Waals surface area (Å²) in [7, 11) is -4.04. The van der Waals surface area contributed by atoms with Gasteiger partial charge in [-0.15, -0.1) is 0 Å². The van der Waals surface area contributed by atoms with E-state index in [9.17, 15) is 13.5 Å². The highest BCUT2D eigenvalue weighted by molar-refractivity contribution is 7.85. The molecule has 0 aromatic carbocycles. The predicted octanol–water partition coefficient (Wildman–Crippen LogP) is 4.72. The molecular weight excluding hydrogens is 300 g/mol. The molecule has 22 heavy (non-hydrogen) atoms. The molecule has 0 aliphatic carbocycles. The van der Waals surface area contributed by atoms with Crippen LogP contribution in [0.3, 0.4) is 0 Å². The standard InChI is InChI=1S/C17H36O4S/c1-2-3-4-5-6-7-8-9-10-11-12-13-14-15-17(18)16-22(19,20)21/h17-18H,2-16H2,1H3,(H,19,20,21). The summed E-state index contributed by atoms with van der Waals surface area (Å²) in [6, 6.07) is 0. The van der Waals surface area contributed by atoms with Crippen molar-refractivity contribution in [2.24, 2.45) is 0 Å². The lowest BCUT2D eigenvalue weighted by Gasteiger charge is -2.08. The lowest BCUT2D eigenvalue weighted by molar-refractivity contribution is 0.180. The first-order chi connectivity index (χ1) is 10.5. The lowest BCUT2D eigenvalue weighted by atomic mass is 10.0. The van der Waals surface area contributed by atoms with Gasteiger partial charge in [-0.2, -0.15) is 8.42 Å². The summed E-state index contributed by atoms with van der Waals surface area (Å²) in [5, 5.41) is 9.42. The Morgan fingerprint density at radius 2 is 1.09 bits per heavy atom. The van der Waals surface area contributed by atoms with Crippen LogP contribution >= 0.6 is 0 Å². The van der Waals surface area contributed by atoms with Crippen LogP contribution in [0.25, 0.3) is 0 Å². The van der Waals surface area contributed by atoms with Gasteiger partial charge in [0, 0.05) is 0 Å². The van der Waals surface area contributed by atoms with Gasteiger partial charge >= 0.3 is 0 Å². The molecule has 0 heterocycles. The molecule has 4 nitrogen and oxygen atoms in total. The largest absolute Gasteiger partial charge is 0.392 e. The topological polar surface area (TPSA) is 74.6 Å². The molecule has 134 valence electrons. The van der Waals surface area contributed by atoms with Crippen LogP contribution in [0.5, 0.6) is 0 Å². The van der Waals surface area contributed by atoms with Gasteiger partial charge in [0.05, 0.1) is 6.10 Å². The Kier molecular flexibility index (Phi) is 14.4. The molecule has 0 aliphatic rings. The van der Waals surface area contributed by atoms with Gasteiger partial charge in [-0.05, 0) is 6.42 Å².